The van der Waals surface area contributed by atoms with Crippen LogP contribution in [0.4, 0.5) is 10.2 Å². The first-order valence-corrected chi connectivity index (χ1v) is 15.0. The highest BCUT2D eigenvalue weighted by Gasteiger charge is 2.39. The van der Waals surface area contributed by atoms with Gasteiger partial charge in [0.15, 0.2) is 5.65 Å². The number of aromatic nitrogens is 4. The summed E-state index contributed by atoms with van der Waals surface area (Å²) in [5.74, 6) is -0.0714. The fraction of sp³-hybridized carbons (Fsp3) is 0.355. The Bertz CT molecular complexity index is 1870. The van der Waals surface area contributed by atoms with Gasteiger partial charge in [-0.05, 0) is 41.3 Å². The van der Waals surface area contributed by atoms with Crippen molar-refractivity contribution in [3.63, 3.8) is 0 Å². The molecular weight excluding hydrogens is 589 g/mol. The Morgan fingerprint density at radius 3 is 2.64 bits per heavy atom. The number of ether oxygens (including phenoxy) is 1. The highest BCUT2D eigenvalue weighted by atomic mass is 35.5. The molecule has 13 heteroatoms. The molecule has 1 aromatic carbocycles. The molecule has 224 valence electrons. The SMILES string of the molecule is O=C1CC[C@@H](N2Cc3cc(Cn4ncc5c(-c6ncc(C7COC7)cc6Cl)cc(N6CC(F)C6)nc54)ccc3C2=O)C(=O)N1. The molecule has 4 aliphatic heterocycles. The Labute approximate surface area is 255 Å². The third kappa shape index (κ3) is 4.51. The number of carbonyl (C=O) groups excluding carboxylic acids is 3. The summed E-state index contributed by atoms with van der Waals surface area (Å²) in [6.45, 7) is 2.48. The number of anilines is 1. The van der Waals surface area contributed by atoms with E-state index in [2.05, 4.69) is 10.4 Å². The summed E-state index contributed by atoms with van der Waals surface area (Å²) in [4.78, 5) is 50.2. The highest BCUT2D eigenvalue weighted by molar-refractivity contribution is 6.33. The number of nitrogens with one attached hydrogen (secondary N) is 1. The maximum Gasteiger partial charge on any atom is 0.255 e. The van der Waals surface area contributed by atoms with E-state index in [0.717, 1.165) is 27.6 Å². The molecule has 0 saturated carbocycles. The van der Waals surface area contributed by atoms with Gasteiger partial charge in [-0.1, -0.05) is 23.7 Å². The second-order valence-corrected chi connectivity index (χ2v) is 12.2. The summed E-state index contributed by atoms with van der Waals surface area (Å²) in [6.07, 6.45) is 3.18. The van der Waals surface area contributed by atoms with Gasteiger partial charge in [0.1, 0.15) is 18.0 Å². The number of halogens is 2. The number of alkyl halides is 1. The van der Waals surface area contributed by atoms with E-state index >= 15 is 0 Å². The van der Waals surface area contributed by atoms with E-state index in [1.54, 1.807) is 16.9 Å². The van der Waals surface area contributed by atoms with Crippen LogP contribution in [-0.2, 0) is 27.4 Å². The largest absolute Gasteiger partial charge is 0.380 e. The zero-order valence-corrected chi connectivity index (χ0v) is 24.3. The van der Waals surface area contributed by atoms with E-state index in [1.165, 1.54) is 4.90 Å². The fourth-order valence-corrected chi connectivity index (χ4v) is 6.60. The van der Waals surface area contributed by atoms with E-state index in [1.807, 2.05) is 35.4 Å². The van der Waals surface area contributed by atoms with E-state index in [0.29, 0.717) is 53.9 Å². The molecule has 11 nitrogen and oxygen atoms in total. The Balaban J connectivity index is 1.12. The number of fused-ring (bicyclic) bond motifs is 2. The lowest BCUT2D eigenvalue weighted by atomic mass is 9.98. The molecule has 4 aliphatic rings. The minimum atomic E-state index is -0.902. The molecule has 3 amide bonds. The standard InChI is InChI=1S/C31H27ClFN7O4/c32-24-6-17(19-14-44-15-19)8-34-28(24)22-7-26(38-12-20(33)13-38)36-29-23(22)9-35-40(29)10-16-1-2-21-18(5-16)11-39(31(21)43)25-3-4-27(41)37-30(25)42/h1-2,5-9,19-20,25H,3-4,10-15H2,(H,37,41,42)/t25-/m1/s1. The second-order valence-electron chi connectivity index (χ2n) is 11.8. The number of hydrogen-bond acceptors (Lipinski definition) is 8. The first kappa shape index (κ1) is 27.2. The van der Waals surface area contributed by atoms with E-state index in [4.69, 9.17) is 26.3 Å². The fourth-order valence-electron chi connectivity index (χ4n) is 6.32. The number of rotatable bonds is 6. The van der Waals surface area contributed by atoms with Crippen molar-refractivity contribution < 1.29 is 23.5 Å². The van der Waals surface area contributed by atoms with Gasteiger partial charge in [0.05, 0.1) is 49.8 Å². The molecule has 0 radical (unpaired) electrons. The molecule has 0 aliphatic carbocycles. The zero-order valence-electron chi connectivity index (χ0n) is 23.5. The maximum absolute atomic E-state index is 13.8. The third-order valence-electron chi connectivity index (χ3n) is 8.90. The number of pyridine rings is 2. The normalized spacial score (nSPS) is 20.6. The van der Waals surface area contributed by atoms with E-state index < -0.39 is 18.1 Å². The van der Waals surface area contributed by atoms with Crippen molar-refractivity contribution in [2.75, 3.05) is 31.2 Å². The van der Waals surface area contributed by atoms with Crippen molar-refractivity contribution in [2.24, 2.45) is 0 Å². The van der Waals surface area contributed by atoms with Crippen LogP contribution >= 0.6 is 11.6 Å². The molecule has 3 fully saturated rings. The highest BCUT2D eigenvalue weighted by Crippen LogP contribution is 2.37. The lowest BCUT2D eigenvalue weighted by Crippen LogP contribution is -2.52. The average molecular weight is 616 g/mol. The molecule has 7 heterocycles. The summed E-state index contributed by atoms with van der Waals surface area (Å²) in [5, 5.41) is 8.27. The van der Waals surface area contributed by atoms with Crippen molar-refractivity contribution in [3.8, 4) is 11.3 Å². The molecule has 1 N–H and O–H groups in total. The van der Waals surface area contributed by atoms with Gasteiger partial charge in [-0.2, -0.15) is 5.10 Å². The van der Waals surface area contributed by atoms with Crippen molar-refractivity contribution in [1.82, 2.24) is 30.0 Å². The molecule has 1 atom stereocenters. The van der Waals surface area contributed by atoms with Crippen LogP contribution in [0.2, 0.25) is 5.02 Å². The first-order valence-electron chi connectivity index (χ1n) is 14.6. The number of amides is 3. The number of piperidine rings is 1. The van der Waals surface area contributed by atoms with Gasteiger partial charge in [-0.25, -0.2) is 14.1 Å². The molecule has 0 bridgehead atoms. The molecule has 0 spiro atoms. The van der Waals surface area contributed by atoms with Crippen LogP contribution < -0.4 is 10.2 Å². The van der Waals surface area contributed by atoms with Crippen molar-refractivity contribution in [2.45, 2.75) is 44.1 Å². The third-order valence-corrected chi connectivity index (χ3v) is 9.19. The van der Waals surface area contributed by atoms with Crippen LogP contribution in [0.1, 0.15) is 45.8 Å². The number of nitrogens with zero attached hydrogens (tertiary/aromatic N) is 6. The molecule has 0 unspecified atom stereocenters. The summed E-state index contributed by atoms with van der Waals surface area (Å²) in [7, 11) is 0. The lowest BCUT2D eigenvalue weighted by Gasteiger charge is -2.35. The van der Waals surface area contributed by atoms with E-state index in [-0.39, 0.29) is 43.8 Å². The predicted octanol–water partition coefficient (Wildman–Crippen LogP) is 3.23. The molecule has 4 aromatic rings. The smallest absolute Gasteiger partial charge is 0.255 e. The zero-order chi connectivity index (χ0) is 30.1. The molecular formula is C31H27ClFN7O4. The van der Waals surface area contributed by atoms with Crippen molar-refractivity contribution >= 4 is 46.2 Å². The van der Waals surface area contributed by atoms with E-state index in [9.17, 15) is 18.8 Å². The van der Waals surface area contributed by atoms with Gasteiger partial charge in [-0.3, -0.25) is 24.7 Å². The van der Waals surface area contributed by atoms with Gasteiger partial charge in [0.25, 0.3) is 5.91 Å². The van der Waals surface area contributed by atoms with Crippen LogP contribution in [0.5, 0.6) is 0 Å². The van der Waals surface area contributed by atoms with Crippen molar-refractivity contribution in [3.05, 3.63) is 70.0 Å². The van der Waals surface area contributed by atoms with Gasteiger partial charge in [0, 0.05) is 41.6 Å². The number of imide groups is 1. The summed E-state index contributed by atoms with van der Waals surface area (Å²) in [6, 6.07) is 8.74. The number of carbonyl (C=O) groups is 3. The van der Waals surface area contributed by atoms with Crippen LogP contribution in [0.25, 0.3) is 22.3 Å². The maximum atomic E-state index is 13.8. The molecule has 3 aromatic heterocycles. The van der Waals surface area contributed by atoms with Crippen LogP contribution in [0.15, 0.2) is 42.7 Å². The summed E-state index contributed by atoms with van der Waals surface area (Å²) >= 11 is 6.78. The average Bonchev–Trinajstić information content (AvgIpc) is 3.50. The lowest BCUT2D eigenvalue weighted by molar-refractivity contribution is -0.136. The predicted molar refractivity (Wildman–Crippen MR) is 158 cm³/mol. The minimum absolute atomic E-state index is 0.203. The Hall–Kier alpha value is -4.42. The Morgan fingerprint density at radius 2 is 1.91 bits per heavy atom. The van der Waals surface area contributed by atoms with Crippen LogP contribution in [0.3, 0.4) is 0 Å². The Morgan fingerprint density at radius 1 is 1.07 bits per heavy atom. The van der Waals surface area contributed by atoms with Crippen LogP contribution in [0, 0.1) is 0 Å². The topological polar surface area (TPSA) is 123 Å². The quantitative estimate of drug-likeness (QED) is 0.328. The molecule has 3 saturated heterocycles. The van der Waals surface area contributed by atoms with Gasteiger partial charge in [0.2, 0.25) is 11.8 Å². The summed E-state index contributed by atoms with van der Waals surface area (Å²) in [5.41, 5.74) is 5.26. The Kier molecular flexibility index (Phi) is 6.38. The molecule has 44 heavy (non-hydrogen) atoms. The monoisotopic (exact) mass is 615 g/mol. The van der Waals surface area contributed by atoms with Gasteiger partial charge >= 0.3 is 0 Å². The van der Waals surface area contributed by atoms with Gasteiger partial charge in [-0.15, -0.1) is 0 Å². The van der Waals surface area contributed by atoms with Crippen LogP contribution in [-0.4, -0.2) is 80.9 Å². The number of hydrogen-bond donors (Lipinski definition) is 1. The second kappa shape index (κ2) is 10.3. The first-order chi connectivity index (χ1) is 21.3. The minimum Gasteiger partial charge on any atom is -0.380 e. The molecule has 8 rings (SSSR count). The number of benzene rings is 1. The van der Waals surface area contributed by atoms with Crippen molar-refractivity contribution in [1.29, 1.82) is 0 Å². The van der Waals surface area contributed by atoms with Gasteiger partial charge < -0.3 is 14.5 Å². The summed E-state index contributed by atoms with van der Waals surface area (Å²) < 4.78 is 20.9.